The van der Waals surface area contributed by atoms with Crippen molar-refractivity contribution in [3.8, 4) is 0 Å². The summed E-state index contributed by atoms with van der Waals surface area (Å²) in [5.41, 5.74) is 1.36. The summed E-state index contributed by atoms with van der Waals surface area (Å²) in [5.74, 6) is -1.27. The first-order chi connectivity index (χ1) is 11.1. The smallest absolute Gasteiger partial charge is 0.316 e. The van der Waals surface area contributed by atoms with Gasteiger partial charge in [-0.2, -0.15) is 0 Å². The Hall–Kier alpha value is -2.35. The van der Waals surface area contributed by atoms with Crippen LogP contribution in [0.4, 0.5) is 0 Å². The lowest BCUT2D eigenvalue weighted by Gasteiger charge is -2.13. The number of rotatable bonds is 5. The predicted molar refractivity (Wildman–Crippen MR) is 81.6 cm³/mol. The number of fused-ring (bicyclic) bond motifs is 1. The van der Waals surface area contributed by atoms with Gasteiger partial charge in [-0.1, -0.05) is 23.9 Å². The third kappa shape index (κ3) is 3.70. The summed E-state index contributed by atoms with van der Waals surface area (Å²) >= 11 is 1.09. The van der Waals surface area contributed by atoms with Gasteiger partial charge in [0.1, 0.15) is 11.3 Å². The molecule has 2 aromatic rings. The van der Waals surface area contributed by atoms with Crippen LogP contribution in [0.15, 0.2) is 33.9 Å². The topological polar surface area (TPSA) is 89.7 Å². The quantitative estimate of drug-likeness (QED) is 0.606. The van der Waals surface area contributed by atoms with Crippen LogP contribution in [0.5, 0.6) is 0 Å². The van der Waals surface area contributed by atoms with Gasteiger partial charge in [0, 0.05) is 13.0 Å². The van der Waals surface area contributed by atoms with Crippen molar-refractivity contribution in [1.29, 1.82) is 0 Å². The fourth-order valence-corrected chi connectivity index (χ4v) is 2.84. The minimum atomic E-state index is -0.558. The van der Waals surface area contributed by atoms with Crippen LogP contribution in [-0.4, -0.2) is 46.6 Å². The molecule has 120 valence electrons. The van der Waals surface area contributed by atoms with Crippen LogP contribution in [0, 0.1) is 0 Å². The number of ether oxygens (including phenoxy) is 1. The number of carbonyl (C=O) groups is 3. The number of amides is 2. The molecule has 0 radical (unpaired) electrons. The number of esters is 1. The first kappa shape index (κ1) is 15.5. The maximum absolute atomic E-state index is 11.7. The number of aromatic nitrogens is 1. The zero-order valence-corrected chi connectivity index (χ0v) is 13.0. The number of benzene rings is 1. The monoisotopic (exact) mass is 334 g/mol. The molecule has 0 N–H and O–H groups in total. The molecule has 1 aromatic heterocycles. The fraction of sp³-hybridized carbons (Fsp3) is 0.333. The number of carbonyl (C=O) groups excluding carboxylic acids is 3. The molecule has 0 atom stereocenters. The number of hydrogen-bond acceptors (Lipinski definition) is 7. The number of hydrogen-bond donors (Lipinski definition) is 0. The molecule has 1 aliphatic heterocycles. The SMILES string of the molecule is O=C(CSc1nc2ccccc2o1)OCC(=O)N1CCCC1=O. The lowest BCUT2D eigenvalue weighted by Crippen LogP contribution is -2.35. The van der Waals surface area contributed by atoms with Crippen LogP contribution in [0.1, 0.15) is 12.8 Å². The molecule has 3 rings (SSSR count). The molecular formula is C15H14N2O5S. The molecule has 8 heteroatoms. The Kier molecular flexibility index (Phi) is 4.61. The minimum absolute atomic E-state index is 0.0198. The van der Waals surface area contributed by atoms with Gasteiger partial charge in [0.15, 0.2) is 12.2 Å². The first-order valence-electron chi connectivity index (χ1n) is 7.10. The standard InChI is InChI=1S/C15H14N2O5S/c18-12-6-3-7-17(12)13(19)8-21-14(20)9-23-15-16-10-4-1-2-5-11(10)22-15/h1-2,4-5H,3,6-9H2. The van der Waals surface area contributed by atoms with Gasteiger partial charge < -0.3 is 9.15 Å². The summed E-state index contributed by atoms with van der Waals surface area (Å²) in [4.78, 5) is 40.2. The summed E-state index contributed by atoms with van der Waals surface area (Å²) in [6.45, 7) is -0.0223. The van der Waals surface area contributed by atoms with E-state index in [4.69, 9.17) is 9.15 Å². The van der Waals surface area contributed by atoms with Crippen molar-refractivity contribution >= 4 is 40.6 Å². The Bertz CT molecular complexity index is 724. The largest absolute Gasteiger partial charge is 0.455 e. The van der Waals surface area contributed by atoms with Gasteiger partial charge in [0.25, 0.3) is 11.1 Å². The van der Waals surface area contributed by atoms with E-state index in [0.717, 1.165) is 16.7 Å². The van der Waals surface area contributed by atoms with Gasteiger partial charge in [0.05, 0.1) is 0 Å². The molecule has 23 heavy (non-hydrogen) atoms. The van der Waals surface area contributed by atoms with Gasteiger partial charge in [-0.3, -0.25) is 19.3 Å². The van der Waals surface area contributed by atoms with E-state index in [1.807, 2.05) is 18.2 Å². The molecule has 0 saturated carbocycles. The lowest BCUT2D eigenvalue weighted by atomic mass is 10.3. The van der Waals surface area contributed by atoms with Gasteiger partial charge in [0.2, 0.25) is 5.91 Å². The third-order valence-corrected chi connectivity index (χ3v) is 4.12. The second-order valence-electron chi connectivity index (χ2n) is 4.94. The Labute approximate surface area is 136 Å². The number of nitrogens with zero attached hydrogens (tertiary/aromatic N) is 2. The van der Waals surface area contributed by atoms with Gasteiger partial charge in [-0.15, -0.1) is 0 Å². The Morgan fingerprint density at radius 1 is 1.35 bits per heavy atom. The van der Waals surface area contributed by atoms with Crippen LogP contribution < -0.4 is 0 Å². The van der Waals surface area contributed by atoms with E-state index in [-0.39, 0.29) is 11.7 Å². The second-order valence-corrected chi connectivity index (χ2v) is 5.87. The summed E-state index contributed by atoms with van der Waals surface area (Å²) < 4.78 is 10.4. The van der Waals surface area contributed by atoms with E-state index in [2.05, 4.69) is 4.98 Å². The van der Waals surface area contributed by atoms with Crippen molar-refractivity contribution in [3.63, 3.8) is 0 Å². The summed E-state index contributed by atoms with van der Waals surface area (Å²) in [7, 11) is 0. The highest BCUT2D eigenvalue weighted by atomic mass is 32.2. The van der Waals surface area contributed by atoms with E-state index >= 15 is 0 Å². The molecule has 2 amide bonds. The van der Waals surface area contributed by atoms with Crippen molar-refractivity contribution < 1.29 is 23.5 Å². The maximum Gasteiger partial charge on any atom is 0.316 e. The van der Waals surface area contributed by atoms with Gasteiger partial charge in [-0.05, 0) is 18.6 Å². The second kappa shape index (κ2) is 6.82. The summed E-state index contributed by atoms with van der Waals surface area (Å²) in [6, 6.07) is 7.28. The third-order valence-electron chi connectivity index (χ3n) is 3.32. The van der Waals surface area contributed by atoms with Crippen LogP contribution in [0.25, 0.3) is 11.1 Å². The molecule has 0 aliphatic carbocycles. The van der Waals surface area contributed by atoms with Crippen molar-refractivity contribution in [3.05, 3.63) is 24.3 Å². The molecule has 1 aromatic carbocycles. The maximum atomic E-state index is 11.7. The highest BCUT2D eigenvalue weighted by Gasteiger charge is 2.26. The average molecular weight is 334 g/mol. The first-order valence-corrected chi connectivity index (χ1v) is 8.09. The van der Waals surface area contributed by atoms with Crippen LogP contribution in [0.3, 0.4) is 0 Å². The van der Waals surface area contributed by atoms with Crippen LogP contribution in [0.2, 0.25) is 0 Å². The Morgan fingerprint density at radius 3 is 2.91 bits per heavy atom. The normalized spacial score (nSPS) is 14.4. The van der Waals surface area contributed by atoms with Crippen molar-refractivity contribution in [1.82, 2.24) is 9.88 Å². The number of thioether (sulfide) groups is 1. The molecule has 0 unspecified atom stereocenters. The molecular weight excluding hydrogens is 320 g/mol. The minimum Gasteiger partial charge on any atom is -0.455 e. The molecule has 7 nitrogen and oxygen atoms in total. The Morgan fingerprint density at radius 2 is 2.17 bits per heavy atom. The van der Waals surface area contributed by atoms with Crippen LogP contribution in [-0.2, 0) is 19.1 Å². The molecule has 0 bridgehead atoms. The predicted octanol–water partition coefficient (Wildman–Crippen LogP) is 1.61. The van der Waals surface area contributed by atoms with Gasteiger partial charge >= 0.3 is 5.97 Å². The Balaban J connectivity index is 1.46. The summed E-state index contributed by atoms with van der Waals surface area (Å²) in [5, 5.41) is 0.365. The van der Waals surface area contributed by atoms with Crippen molar-refractivity contribution in [2.24, 2.45) is 0 Å². The van der Waals surface area contributed by atoms with E-state index in [9.17, 15) is 14.4 Å². The molecule has 1 fully saturated rings. The summed E-state index contributed by atoms with van der Waals surface area (Å²) in [6.07, 6.45) is 1.03. The van der Waals surface area contributed by atoms with E-state index in [1.54, 1.807) is 6.07 Å². The molecule has 1 saturated heterocycles. The lowest BCUT2D eigenvalue weighted by molar-refractivity contribution is -0.153. The van der Waals surface area contributed by atoms with E-state index in [1.165, 1.54) is 0 Å². The van der Waals surface area contributed by atoms with Crippen LogP contribution >= 0.6 is 11.8 Å². The van der Waals surface area contributed by atoms with Gasteiger partial charge in [-0.25, -0.2) is 4.98 Å². The highest BCUT2D eigenvalue weighted by Crippen LogP contribution is 2.23. The number of likely N-dealkylation sites (tertiary alicyclic amines) is 1. The number of para-hydroxylation sites is 2. The average Bonchev–Trinajstić information content (AvgIpc) is 3.16. The van der Waals surface area contributed by atoms with Crippen molar-refractivity contribution in [2.75, 3.05) is 18.9 Å². The number of imide groups is 1. The fourth-order valence-electron chi connectivity index (χ4n) is 2.21. The highest BCUT2D eigenvalue weighted by molar-refractivity contribution is 7.99. The molecule has 2 heterocycles. The van der Waals surface area contributed by atoms with Crippen molar-refractivity contribution in [2.45, 2.75) is 18.1 Å². The molecule has 0 spiro atoms. The zero-order chi connectivity index (χ0) is 16.2. The van der Waals surface area contributed by atoms with E-state index < -0.39 is 18.5 Å². The zero-order valence-electron chi connectivity index (χ0n) is 12.2. The van der Waals surface area contributed by atoms with E-state index in [0.29, 0.717) is 35.7 Å². The number of oxazole rings is 1. The molecule has 1 aliphatic rings.